The molecule has 0 saturated heterocycles. The summed E-state index contributed by atoms with van der Waals surface area (Å²) in [5.74, 6) is 1.12. The molecule has 18 heavy (non-hydrogen) atoms. The lowest BCUT2D eigenvalue weighted by molar-refractivity contribution is 0.282. The molecule has 1 N–H and O–H groups in total. The summed E-state index contributed by atoms with van der Waals surface area (Å²) in [7, 11) is 0. The zero-order chi connectivity index (χ0) is 13.7. The van der Waals surface area contributed by atoms with Crippen LogP contribution in [0.2, 0.25) is 5.02 Å². The molecule has 102 valence electrons. The minimum atomic E-state index is 0.0303. The Kier molecular flexibility index (Phi) is 5.97. The summed E-state index contributed by atoms with van der Waals surface area (Å²) >= 11 is 6.32. The van der Waals surface area contributed by atoms with E-state index in [4.69, 9.17) is 11.6 Å². The van der Waals surface area contributed by atoms with E-state index in [2.05, 4.69) is 32.6 Å². The number of para-hydroxylation sites is 1. The summed E-state index contributed by atoms with van der Waals surface area (Å²) in [4.78, 5) is 2.29. The normalized spacial score (nSPS) is 11.3. The van der Waals surface area contributed by atoms with Gasteiger partial charge in [-0.15, -0.1) is 0 Å². The van der Waals surface area contributed by atoms with Crippen LogP contribution in [0.15, 0.2) is 18.2 Å². The third kappa shape index (κ3) is 4.18. The second-order valence-corrected chi connectivity index (χ2v) is 6.01. The van der Waals surface area contributed by atoms with Crippen LogP contribution in [0.4, 0.5) is 5.69 Å². The molecular weight excluding hydrogens is 246 g/mol. The fourth-order valence-corrected chi connectivity index (χ4v) is 2.49. The number of aliphatic hydroxyl groups excluding tert-OH is 1. The van der Waals surface area contributed by atoms with Crippen molar-refractivity contribution in [2.45, 2.75) is 34.3 Å². The molecule has 0 aliphatic rings. The Morgan fingerprint density at radius 1 is 1.11 bits per heavy atom. The van der Waals surface area contributed by atoms with Gasteiger partial charge in [-0.25, -0.2) is 0 Å². The van der Waals surface area contributed by atoms with Crippen LogP contribution in [0.25, 0.3) is 0 Å². The smallest absolute Gasteiger partial charge is 0.0702 e. The first kappa shape index (κ1) is 15.3. The first-order valence-electron chi connectivity index (χ1n) is 6.58. The molecule has 0 aromatic heterocycles. The van der Waals surface area contributed by atoms with Crippen molar-refractivity contribution in [1.29, 1.82) is 0 Å². The van der Waals surface area contributed by atoms with Crippen LogP contribution in [-0.2, 0) is 6.61 Å². The highest BCUT2D eigenvalue weighted by molar-refractivity contribution is 6.33. The Bertz CT molecular complexity index is 367. The number of nitrogens with zero attached hydrogens (tertiary/aromatic N) is 1. The van der Waals surface area contributed by atoms with E-state index in [1.807, 2.05) is 18.2 Å². The molecule has 0 radical (unpaired) electrons. The predicted molar refractivity (Wildman–Crippen MR) is 79.3 cm³/mol. The summed E-state index contributed by atoms with van der Waals surface area (Å²) in [5, 5.41) is 10.2. The Balaban J connectivity index is 3.10. The molecule has 0 spiro atoms. The van der Waals surface area contributed by atoms with Gasteiger partial charge in [0.25, 0.3) is 0 Å². The summed E-state index contributed by atoms with van der Waals surface area (Å²) in [5.41, 5.74) is 1.90. The zero-order valence-electron chi connectivity index (χ0n) is 11.8. The third-order valence-corrected chi connectivity index (χ3v) is 3.03. The highest BCUT2D eigenvalue weighted by Gasteiger charge is 2.16. The van der Waals surface area contributed by atoms with Crippen molar-refractivity contribution in [2.24, 2.45) is 11.8 Å². The van der Waals surface area contributed by atoms with Crippen LogP contribution in [0.5, 0.6) is 0 Å². The monoisotopic (exact) mass is 269 g/mol. The first-order valence-corrected chi connectivity index (χ1v) is 6.96. The van der Waals surface area contributed by atoms with E-state index in [1.54, 1.807) is 0 Å². The number of anilines is 1. The number of halogens is 1. The lowest BCUT2D eigenvalue weighted by Crippen LogP contribution is -2.32. The van der Waals surface area contributed by atoms with Gasteiger partial charge in [0.15, 0.2) is 0 Å². The molecular formula is C15H24ClNO. The van der Waals surface area contributed by atoms with Gasteiger partial charge in [-0.05, 0) is 17.9 Å². The number of hydrogen-bond donors (Lipinski definition) is 1. The molecule has 0 amide bonds. The molecule has 0 unspecified atom stereocenters. The van der Waals surface area contributed by atoms with Crippen molar-refractivity contribution in [3.05, 3.63) is 28.8 Å². The number of rotatable bonds is 6. The van der Waals surface area contributed by atoms with E-state index in [-0.39, 0.29) is 6.61 Å². The molecule has 1 aromatic carbocycles. The van der Waals surface area contributed by atoms with Crippen molar-refractivity contribution in [3.63, 3.8) is 0 Å². The molecule has 1 aromatic rings. The molecule has 1 rings (SSSR count). The number of benzene rings is 1. The van der Waals surface area contributed by atoms with Crippen molar-refractivity contribution in [2.75, 3.05) is 18.0 Å². The maximum Gasteiger partial charge on any atom is 0.0702 e. The van der Waals surface area contributed by atoms with Gasteiger partial charge in [0, 0.05) is 18.7 Å². The van der Waals surface area contributed by atoms with E-state index in [9.17, 15) is 5.11 Å². The van der Waals surface area contributed by atoms with Gasteiger partial charge in [0.2, 0.25) is 0 Å². The highest BCUT2D eigenvalue weighted by atomic mass is 35.5. The molecule has 0 fully saturated rings. The van der Waals surface area contributed by atoms with Crippen molar-refractivity contribution in [1.82, 2.24) is 0 Å². The molecule has 0 saturated carbocycles. The third-order valence-electron chi connectivity index (χ3n) is 2.73. The molecule has 0 aliphatic carbocycles. The van der Waals surface area contributed by atoms with Crippen molar-refractivity contribution >= 4 is 17.3 Å². The summed E-state index contributed by atoms with van der Waals surface area (Å²) in [6.45, 7) is 10.7. The maximum absolute atomic E-state index is 9.47. The quantitative estimate of drug-likeness (QED) is 0.845. The lowest BCUT2D eigenvalue weighted by atomic mass is 10.1. The number of hydrogen-bond acceptors (Lipinski definition) is 2. The summed E-state index contributed by atoms with van der Waals surface area (Å²) in [6, 6.07) is 5.72. The van der Waals surface area contributed by atoms with Crippen LogP contribution in [0.3, 0.4) is 0 Å². The molecule has 0 atom stereocenters. The first-order chi connectivity index (χ1) is 8.45. The SMILES string of the molecule is CC(C)CN(CC(C)C)c1c(Cl)cccc1CO. The summed E-state index contributed by atoms with van der Waals surface area (Å²) in [6.07, 6.45) is 0. The minimum absolute atomic E-state index is 0.0303. The van der Waals surface area contributed by atoms with Gasteiger partial charge in [-0.2, -0.15) is 0 Å². The van der Waals surface area contributed by atoms with Gasteiger partial charge in [-0.3, -0.25) is 0 Å². The molecule has 3 heteroatoms. The second kappa shape index (κ2) is 7.01. The highest BCUT2D eigenvalue weighted by Crippen LogP contribution is 2.31. The van der Waals surface area contributed by atoms with Gasteiger partial charge in [-0.1, -0.05) is 51.4 Å². The van der Waals surface area contributed by atoms with Crippen LogP contribution in [-0.4, -0.2) is 18.2 Å². The average Bonchev–Trinajstić information content (AvgIpc) is 2.26. The largest absolute Gasteiger partial charge is 0.392 e. The number of aliphatic hydroxyl groups is 1. The van der Waals surface area contributed by atoms with Crippen LogP contribution < -0.4 is 4.90 Å². The lowest BCUT2D eigenvalue weighted by Gasteiger charge is -2.31. The van der Waals surface area contributed by atoms with Gasteiger partial charge >= 0.3 is 0 Å². The second-order valence-electron chi connectivity index (χ2n) is 5.60. The molecule has 2 nitrogen and oxygen atoms in total. The molecule has 0 heterocycles. The minimum Gasteiger partial charge on any atom is -0.392 e. The van der Waals surface area contributed by atoms with E-state index in [0.717, 1.165) is 29.4 Å². The van der Waals surface area contributed by atoms with E-state index >= 15 is 0 Å². The topological polar surface area (TPSA) is 23.5 Å². The van der Waals surface area contributed by atoms with E-state index < -0.39 is 0 Å². The fraction of sp³-hybridized carbons (Fsp3) is 0.600. The van der Waals surface area contributed by atoms with Gasteiger partial charge < -0.3 is 10.0 Å². The summed E-state index contributed by atoms with van der Waals surface area (Å²) < 4.78 is 0. The molecule has 0 bridgehead atoms. The zero-order valence-corrected chi connectivity index (χ0v) is 12.5. The predicted octanol–water partition coefficient (Wildman–Crippen LogP) is 3.95. The van der Waals surface area contributed by atoms with Crippen LogP contribution in [0.1, 0.15) is 33.3 Å². The van der Waals surface area contributed by atoms with Crippen molar-refractivity contribution in [3.8, 4) is 0 Å². The van der Waals surface area contributed by atoms with Gasteiger partial charge in [0.05, 0.1) is 17.3 Å². The van der Waals surface area contributed by atoms with Crippen LogP contribution in [0, 0.1) is 11.8 Å². The van der Waals surface area contributed by atoms with E-state index in [1.165, 1.54) is 0 Å². The average molecular weight is 270 g/mol. The standard InChI is InChI=1S/C15H24ClNO/c1-11(2)8-17(9-12(3)4)15-13(10-18)6-5-7-14(15)16/h5-7,11-12,18H,8-10H2,1-4H3. The van der Waals surface area contributed by atoms with E-state index in [0.29, 0.717) is 11.8 Å². The fourth-order valence-electron chi connectivity index (χ4n) is 2.18. The van der Waals surface area contributed by atoms with Gasteiger partial charge in [0.1, 0.15) is 0 Å². The van der Waals surface area contributed by atoms with Crippen molar-refractivity contribution < 1.29 is 5.11 Å². The Morgan fingerprint density at radius 2 is 1.67 bits per heavy atom. The Labute approximate surface area is 116 Å². The Hall–Kier alpha value is -0.730. The Morgan fingerprint density at radius 3 is 2.11 bits per heavy atom. The molecule has 0 aliphatic heterocycles. The van der Waals surface area contributed by atoms with Crippen LogP contribution >= 0.6 is 11.6 Å². The maximum atomic E-state index is 9.47.